The van der Waals surface area contributed by atoms with Gasteiger partial charge < -0.3 is 15.8 Å². The minimum absolute atomic E-state index is 0.147. The maximum atomic E-state index is 12.3. The van der Waals surface area contributed by atoms with Crippen LogP contribution in [0.1, 0.15) is 51.4 Å². The van der Waals surface area contributed by atoms with Gasteiger partial charge in [0.15, 0.2) is 0 Å². The standard InChI is InChI=1S/C15H28N2O2/c16-12-15(7-10-19-11-8-15)14(18)17-9-6-13-4-2-1-3-5-13/h13H,1-12,16H2,(H,17,18). The van der Waals surface area contributed by atoms with Crippen LogP contribution >= 0.6 is 0 Å². The third-order valence-corrected chi connectivity index (χ3v) is 4.89. The van der Waals surface area contributed by atoms with Gasteiger partial charge in [-0.15, -0.1) is 0 Å². The van der Waals surface area contributed by atoms with Gasteiger partial charge in [0.05, 0.1) is 5.41 Å². The zero-order valence-electron chi connectivity index (χ0n) is 12.0. The molecule has 0 aromatic heterocycles. The number of hydrogen-bond donors (Lipinski definition) is 2. The van der Waals surface area contributed by atoms with Crippen molar-refractivity contribution in [2.75, 3.05) is 26.3 Å². The average molecular weight is 268 g/mol. The van der Waals surface area contributed by atoms with E-state index in [9.17, 15) is 4.79 Å². The van der Waals surface area contributed by atoms with Crippen LogP contribution in [0.5, 0.6) is 0 Å². The van der Waals surface area contributed by atoms with E-state index in [4.69, 9.17) is 10.5 Å². The van der Waals surface area contributed by atoms with Crippen molar-refractivity contribution in [2.45, 2.75) is 51.4 Å². The van der Waals surface area contributed by atoms with Crippen LogP contribution in [0.3, 0.4) is 0 Å². The quantitative estimate of drug-likeness (QED) is 0.799. The van der Waals surface area contributed by atoms with Crippen molar-refractivity contribution < 1.29 is 9.53 Å². The van der Waals surface area contributed by atoms with Gasteiger partial charge in [0.25, 0.3) is 0 Å². The first-order valence-electron chi connectivity index (χ1n) is 7.83. The number of carbonyl (C=O) groups is 1. The highest BCUT2D eigenvalue weighted by Gasteiger charge is 2.38. The lowest BCUT2D eigenvalue weighted by Gasteiger charge is -2.34. The van der Waals surface area contributed by atoms with Crippen LogP contribution in [0.4, 0.5) is 0 Å². The topological polar surface area (TPSA) is 64.4 Å². The van der Waals surface area contributed by atoms with Gasteiger partial charge in [0.2, 0.25) is 5.91 Å². The lowest BCUT2D eigenvalue weighted by molar-refractivity contribution is -0.135. The van der Waals surface area contributed by atoms with E-state index in [0.717, 1.165) is 31.7 Å². The average Bonchev–Trinajstić information content (AvgIpc) is 2.49. The molecule has 1 amide bonds. The number of nitrogens with two attached hydrogens (primary N) is 1. The van der Waals surface area contributed by atoms with E-state index >= 15 is 0 Å². The number of amides is 1. The molecule has 0 bridgehead atoms. The number of ether oxygens (including phenoxy) is 1. The number of hydrogen-bond acceptors (Lipinski definition) is 3. The molecule has 0 unspecified atom stereocenters. The Bertz CT molecular complexity index is 282. The highest BCUT2D eigenvalue weighted by molar-refractivity contribution is 5.83. The van der Waals surface area contributed by atoms with Crippen LogP contribution in [0.25, 0.3) is 0 Å². The zero-order valence-corrected chi connectivity index (χ0v) is 12.0. The molecule has 110 valence electrons. The molecule has 1 aliphatic heterocycles. The van der Waals surface area contributed by atoms with Crippen LogP contribution in [-0.2, 0) is 9.53 Å². The maximum absolute atomic E-state index is 12.3. The Kier molecular flexibility index (Phi) is 5.64. The summed E-state index contributed by atoms with van der Waals surface area (Å²) in [5, 5.41) is 3.12. The Labute approximate surface area is 116 Å². The molecule has 4 nitrogen and oxygen atoms in total. The molecule has 0 aromatic rings. The summed E-state index contributed by atoms with van der Waals surface area (Å²) in [5.41, 5.74) is 5.47. The summed E-state index contributed by atoms with van der Waals surface area (Å²) in [5.74, 6) is 0.965. The first-order valence-corrected chi connectivity index (χ1v) is 7.83. The molecule has 1 heterocycles. The second kappa shape index (κ2) is 7.25. The third-order valence-electron chi connectivity index (χ3n) is 4.89. The van der Waals surface area contributed by atoms with Crippen LogP contribution in [0, 0.1) is 11.3 Å². The van der Waals surface area contributed by atoms with Crippen molar-refractivity contribution in [3.8, 4) is 0 Å². The fourth-order valence-electron chi connectivity index (χ4n) is 3.34. The Morgan fingerprint density at radius 2 is 1.89 bits per heavy atom. The molecule has 2 fully saturated rings. The molecular weight excluding hydrogens is 240 g/mol. The first kappa shape index (κ1) is 14.8. The third kappa shape index (κ3) is 3.93. The van der Waals surface area contributed by atoms with Gasteiger partial charge in [-0.2, -0.15) is 0 Å². The first-order chi connectivity index (χ1) is 9.27. The molecule has 19 heavy (non-hydrogen) atoms. The number of nitrogens with one attached hydrogen (secondary N) is 1. The Hall–Kier alpha value is -0.610. The van der Waals surface area contributed by atoms with Crippen molar-refractivity contribution in [3.63, 3.8) is 0 Å². The van der Waals surface area contributed by atoms with E-state index in [1.54, 1.807) is 0 Å². The summed E-state index contributed by atoms with van der Waals surface area (Å²) < 4.78 is 5.34. The maximum Gasteiger partial charge on any atom is 0.227 e. The van der Waals surface area contributed by atoms with E-state index in [2.05, 4.69) is 5.32 Å². The summed E-state index contributed by atoms with van der Waals surface area (Å²) in [7, 11) is 0. The molecule has 3 N–H and O–H groups in total. The number of carbonyl (C=O) groups excluding carboxylic acids is 1. The Morgan fingerprint density at radius 3 is 2.53 bits per heavy atom. The van der Waals surface area contributed by atoms with Crippen molar-refractivity contribution >= 4 is 5.91 Å². The lowest BCUT2D eigenvalue weighted by atomic mass is 9.79. The smallest absolute Gasteiger partial charge is 0.227 e. The molecule has 0 aromatic carbocycles. The summed E-state index contributed by atoms with van der Waals surface area (Å²) in [6.45, 7) is 2.57. The fourth-order valence-corrected chi connectivity index (χ4v) is 3.34. The molecule has 4 heteroatoms. The molecular formula is C15H28N2O2. The second-order valence-electron chi connectivity index (χ2n) is 6.15. The van der Waals surface area contributed by atoms with Gasteiger partial charge in [-0.3, -0.25) is 4.79 Å². The minimum Gasteiger partial charge on any atom is -0.381 e. The summed E-state index contributed by atoms with van der Waals surface area (Å²) >= 11 is 0. The molecule has 2 rings (SSSR count). The Morgan fingerprint density at radius 1 is 1.21 bits per heavy atom. The molecule has 1 aliphatic carbocycles. The summed E-state index contributed by atoms with van der Waals surface area (Å²) in [6, 6.07) is 0. The van der Waals surface area contributed by atoms with Gasteiger partial charge >= 0.3 is 0 Å². The van der Waals surface area contributed by atoms with E-state index in [1.807, 2.05) is 0 Å². The van der Waals surface area contributed by atoms with Crippen molar-refractivity contribution in [3.05, 3.63) is 0 Å². The van der Waals surface area contributed by atoms with Crippen LogP contribution < -0.4 is 11.1 Å². The second-order valence-corrected chi connectivity index (χ2v) is 6.15. The van der Waals surface area contributed by atoms with E-state index < -0.39 is 0 Å². The van der Waals surface area contributed by atoms with Crippen LogP contribution in [0.15, 0.2) is 0 Å². The molecule has 1 saturated carbocycles. The van der Waals surface area contributed by atoms with Crippen LogP contribution in [-0.4, -0.2) is 32.2 Å². The van der Waals surface area contributed by atoms with Crippen LogP contribution in [0.2, 0.25) is 0 Å². The lowest BCUT2D eigenvalue weighted by Crippen LogP contribution is -2.49. The highest BCUT2D eigenvalue weighted by atomic mass is 16.5. The monoisotopic (exact) mass is 268 g/mol. The van der Waals surface area contributed by atoms with E-state index in [1.165, 1.54) is 32.1 Å². The normalized spacial score (nSPS) is 24.1. The Balaban J connectivity index is 1.73. The SMILES string of the molecule is NCC1(C(=O)NCCC2CCCCC2)CCOCC1. The number of rotatable bonds is 5. The summed E-state index contributed by atoms with van der Waals surface area (Å²) in [4.78, 5) is 12.3. The molecule has 1 saturated heterocycles. The largest absolute Gasteiger partial charge is 0.381 e. The van der Waals surface area contributed by atoms with Gasteiger partial charge in [-0.05, 0) is 25.2 Å². The van der Waals surface area contributed by atoms with Crippen molar-refractivity contribution in [1.82, 2.24) is 5.32 Å². The van der Waals surface area contributed by atoms with Crippen molar-refractivity contribution in [1.29, 1.82) is 0 Å². The van der Waals surface area contributed by atoms with Gasteiger partial charge in [-0.1, -0.05) is 32.1 Å². The minimum atomic E-state index is -0.370. The highest BCUT2D eigenvalue weighted by Crippen LogP contribution is 2.30. The van der Waals surface area contributed by atoms with Gasteiger partial charge in [0.1, 0.15) is 0 Å². The zero-order chi connectivity index (χ0) is 13.6. The predicted molar refractivity (Wildman–Crippen MR) is 75.7 cm³/mol. The predicted octanol–water partition coefficient (Wildman–Crippen LogP) is 1.83. The van der Waals surface area contributed by atoms with E-state index in [0.29, 0.717) is 19.8 Å². The molecule has 0 spiro atoms. The van der Waals surface area contributed by atoms with Gasteiger partial charge in [0, 0.05) is 26.3 Å². The molecule has 2 aliphatic rings. The molecule has 0 radical (unpaired) electrons. The van der Waals surface area contributed by atoms with Crippen molar-refractivity contribution in [2.24, 2.45) is 17.1 Å². The summed E-state index contributed by atoms with van der Waals surface area (Å²) in [6.07, 6.45) is 9.45. The fraction of sp³-hybridized carbons (Fsp3) is 0.933. The van der Waals surface area contributed by atoms with E-state index in [-0.39, 0.29) is 11.3 Å². The van der Waals surface area contributed by atoms with Gasteiger partial charge in [-0.25, -0.2) is 0 Å². The molecule has 0 atom stereocenters.